The van der Waals surface area contributed by atoms with Crippen molar-refractivity contribution in [3.8, 4) is 0 Å². The van der Waals surface area contributed by atoms with Crippen molar-refractivity contribution in [2.75, 3.05) is 79.0 Å². The van der Waals surface area contributed by atoms with E-state index in [-0.39, 0.29) is 11.0 Å². The van der Waals surface area contributed by atoms with Gasteiger partial charge in [-0.25, -0.2) is 4.98 Å². The molecule has 206 valence electrons. The molecule has 0 atom stereocenters. The summed E-state index contributed by atoms with van der Waals surface area (Å²) in [6.45, 7) is 7.39. The quantitative estimate of drug-likeness (QED) is 0.439. The Labute approximate surface area is 216 Å². The van der Waals surface area contributed by atoms with Crippen LogP contribution in [-0.4, -0.2) is 109 Å². The average Bonchev–Trinajstić information content (AvgIpc) is 2.86. The fourth-order valence-electron chi connectivity index (χ4n) is 3.73. The van der Waals surface area contributed by atoms with Gasteiger partial charge in [0.15, 0.2) is 5.44 Å². The number of rotatable bonds is 5. The molecular weight excluding hydrogens is 503 g/mol. The molecular formula is C24H37N4O8P. The summed E-state index contributed by atoms with van der Waals surface area (Å²) in [4.78, 5) is 41.6. The Morgan fingerprint density at radius 1 is 0.757 bits per heavy atom. The molecule has 1 fully saturated rings. The smallest absolute Gasteiger partial charge is 0.374 e. The first kappa shape index (κ1) is 29.6. The Bertz CT molecular complexity index is 1010. The van der Waals surface area contributed by atoms with Gasteiger partial charge in [0.05, 0.1) is 58.5 Å². The van der Waals surface area contributed by atoms with Crippen LogP contribution in [0.5, 0.6) is 0 Å². The second-order valence-corrected chi connectivity index (χ2v) is 10.1. The van der Waals surface area contributed by atoms with E-state index < -0.39 is 7.60 Å². The van der Waals surface area contributed by atoms with Crippen molar-refractivity contribution in [1.82, 2.24) is 19.8 Å². The van der Waals surface area contributed by atoms with Crippen molar-refractivity contribution in [1.29, 1.82) is 0 Å². The molecule has 12 nitrogen and oxygen atoms in total. The number of H-pyrrole nitrogens is 1. The Morgan fingerprint density at radius 2 is 1.27 bits per heavy atom. The van der Waals surface area contributed by atoms with E-state index in [4.69, 9.17) is 18.9 Å². The van der Waals surface area contributed by atoms with Crippen molar-refractivity contribution in [2.45, 2.75) is 13.1 Å². The third kappa shape index (κ3) is 11.9. The molecule has 3 heterocycles. The first-order valence-corrected chi connectivity index (χ1v) is 14.0. The molecule has 0 amide bonds. The lowest BCUT2D eigenvalue weighted by Gasteiger charge is -2.23. The van der Waals surface area contributed by atoms with Crippen LogP contribution in [0.3, 0.4) is 0 Å². The van der Waals surface area contributed by atoms with Gasteiger partial charge in [-0.3, -0.25) is 19.2 Å². The summed E-state index contributed by atoms with van der Waals surface area (Å²) in [5.41, 5.74) is 1.06. The highest BCUT2D eigenvalue weighted by Gasteiger charge is 2.19. The molecule has 0 unspecified atom stereocenters. The normalized spacial score (nSPS) is 19.2. The second kappa shape index (κ2) is 16.1. The van der Waals surface area contributed by atoms with Gasteiger partial charge in [-0.2, -0.15) is 0 Å². The lowest BCUT2D eigenvalue weighted by atomic mass is 10.3. The Kier molecular flexibility index (Phi) is 12.8. The Hall–Kier alpha value is -1.99. The minimum Gasteiger partial charge on any atom is -0.378 e. The molecule has 2 aromatic heterocycles. The standard InChI is InChI=1S/C24H37N4O8P/c29-23-5-1-3-21(25-23)19-27-7-11-33-15-17-35-13-9-28(10-14-36-18-16-34-12-8-27)20-22-4-2-6-24(26-22)37(30,31)32/h1-6H,7-20H2,(H,25,29)(H2,30,31,32). The third-order valence-corrected chi connectivity index (χ3v) is 6.50. The summed E-state index contributed by atoms with van der Waals surface area (Å²) in [7, 11) is -4.41. The van der Waals surface area contributed by atoms with E-state index >= 15 is 0 Å². The summed E-state index contributed by atoms with van der Waals surface area (Å²) in [5.74, 6) is 0. The lowest BCUT2D eigenvalue weighted by Crippen LogP contribution is -2.33. The molecule has 13 heteroatoms. The summed E-state index contributed by atoms with van der Waals surface area (Å²) >= 11 is 0. The second-order valence-electron chi connectivity index (χ2n) is 8.57. The number of aromatic amines is 1. The van der Waals surface area contributed by atoms with Gasteiger partial charge < -0.3 is 33.7 Å². The topological polar surface area (TPSA) is 147 Å². The molecule has 1 saturated heterocycles. The van der Waals surface area contributed by atoms with E-state index in [1.165, 1.54) is 12.1 Å². The molecule has 2 aromatic rings. The number of hydrogen-bond acceptors (Lipinski definition) is 9. The predicted octanol–water partition coefficient (Wildman–Crippen LogP) is -0.0429. The molecule has 1 aliphatic heterocycles. The predicted molar refractivity (Wildman–Crippen MR) is 137 cm³/mol. The molecule has 3 rings (SSSR count). The molecule has 0 radical (unpaired) electrons. The van der Waals surface area contributed by atoms with Gasteiger partial charge >= 0.3 is 7.60 Å². The van der Waals surface area contributed by atoms with Crippen molar-refractivity contribution >= 4 is 13.0 Å². The first-order chi connectivity index (χ1) is 17.9. The SMILES string of the molecule is O=c1cccc(CN2CCOCCOCCN(Cc3cccc(P(=O)(O)O)n3)CCOCCOCC2)[nH]1. The highest BCUT2D eigenvalue weighted by molar-refractivity contribution is 7.60. The van der Waals surface area contributed by atoms with E-state index in [1.807, 2.05) is 6.07 Å². The Morgan fingerprint density at radius 3 is 1.78 bits per heavy atom. The van der Waals surface area contributed by atoms with E-state index in [9.17, 15) is 19.1 Å². The number of hydrogen-bond donors (Lipinski definition) is 3. The maximum Gasteiger partial charge on any atom is 0.374 e. The highest BCUT2D eigenvalue weighted by atomic mass is 31.2. The van der Waals surface area contributed by atoms with Gasteiger partial charge in [-0.1, -0.05) is 12.1 Å². The van der Waals surface area contributed by atoms with Gasteiger partial charge in [-0.15, -0.1) is 0 Å². The van der Waals surface area contributed by atoms with Crippen LogP contribution >= 0.6 is 7.60 Å². The summed E-state index contributed by atoms with van der Waals surface area (Å²) < 4.78 is 34.5. The maximum absolute atomic E-state index is 11.6. The molecule has 0 aliphatic carbocycles. The number of nitrogens with one attached hydrogen (secondary N) is 1. The molecule has 0 bridgehead atoms. The van der Waals surface area contributed by atoms with E-state index in [0.717, 1.165) is 5.69 Å². The van der Waals surface area contributed by atoms with Crippen LogP contribution in [0.2, 0.25) is 0 Å². The van der Waals surface area contributed by atoms with Gasteiger partial charge in [0.1, 0.15) is 0 Å². The molecule has 1 aliphatic rings. The van der Waals surface area contributed by atoms with Crippen LogP contribution in [0.4, 0.5) is 0 Å². The van der Waals surface area contributed by atoms with Gasteiger partial charge in [0.25, 0.3) is 0 Å². The fraction of sp³-hybridized carbons (Fsp3) is 0.583. The molecule has 0 saturated carbocycles. The summed E-state index contributed by atoms with van der Waals surface area (Å²) in [6, 6.07) is 9.80. The lowest BCUT2D eigenvalue weighted by molar-refractivity contribution is 0.00599. The van der Waals surface area contributed by atoms with Crippen LogP contribution in [-0.2, 0) is 36.6 Å². The van der Waals surface area contributed by atoms with Crippen LogP contribution < -0.4 is 11.0 Å². The highest BCUT2D eigenvalue weighted by Crippen LogP contribution is 2.31. The zero-order chi connectivity index (χ0) is 26.3. The van der Waals surface area contributed by atoms with Crippen molar-refractivity contribution < 1.29 is 33.3 Å². The zero-order valence-electron chi connectivity index (χ0n) is 21.0. The molecule has 3 N–H and O–H groups in total. The van der Waals surface area contributed by atoms with E-state index in [0.29, 0.717) is 97.8 Å². The van der Waals surface area contributed by atoms with E-state index in [1.54, 1.807) is 18.2 Å². The molecule has 0 spiro atoms. The number of nitrogens with zero attached hydrogens (tertiary/aromatic N) is 3. The maximum atomic E-state index is 11.6. The Balaban J connectivity index is 1.48. The summed E-state index contributed by atoms with van der Waals surface area (Å²) in [6.07, 6.45) is 0. The monoisotopic (exact) mass is 540 g/mol. The van der Waals surface area contributed by atoms with Crippen LogP contribution in [0.25, 0.3) is 0 Å². The zero-order valence-corrected chi connectivity index (χ0v) is 21.9. The van der Waals surface area contributed by atoms with Crippen LogP contribution in [0.15, 0.2) is 41.2 Å². The van der Waals surface area contributed by atoms with Crippen molar-refractivity contribution in [2.24, 2.45) is 0 Å². The third-order valence-electron chi connectivity index (χ3n) is 5.65. The van der Waals surface area contributed by atoms with Crippen LogP contribution in [0, 0.1) is 0 Å². The minimum absolute atomic E-state index is 0.120. The fourth-order valence-corrected chi connectivity index (χ4v) is 4.27. The van der Waals surface area contributed by atoms with Gasteiger partial charge in [0, 0.05) is 51.0 Å². The number of pyridine rings is 2. The molecule has 0 aromatic carbocycles. The number of aromatic nitrogens is 2. The minimum atomic E-state index is -4.41. The van der Waals surface area contributed by atoms with E-state index in [2.05, 4.69) is 19.8 Å². The summed E-state index contributed by atoms with van der Waals surface area (Å²) in [5, 5.41) is 0. The van der Waals surface area contributed by atoms with Crippen LogP contribution in [0.1, 0.15) is 11.4 Å². The largest absolute Gasteiger partial charge is 0.378 e. The molecule has 37 heavy (non-hydrogen) atoms. The van der Waals surface area contributed by atoms with Gasteiger partial charge in [-0.05, 0) is 18.2 Å². The van der Waals surface area contributed by atoms with Gasteiger partial charge in [0.2, 0.25) is 5.56 Å². The number of ether oxygens (including phenoxy) is 4. The van der Waals surface area contributed by atoms with Crippen molar-refractivity contribution in [3.05, 3.63) is 58.1 Å². The van der Waals surface area contributed by atoms with Crippen molar-refractivity contribution in [3.63, 3.8) is 0 Å². The first-order valence-electron chi connectivity index (χ1n) is 12.4. The average molecular weight is 541 g/mol.